The second-order valence-electron chi connectivity index (χ2n) is 4.12. The van der Waals surface area contributed by atoms with Crippen molar-refractivity contribution in [3.05, 3.63) is 21.8 Å². The third kappa shape index (κ3) is 3.38. The van der Waals surface area contributed by atoms with E-state index in [2.05, 4.69) is 26.2 Å². The normalized spacial score (nSPS) is 19.3. The van der Waals surface area contributed by atoms with Gasteiger partial charge in [0.05, 0.1) is 11.6 Å². The number of halogens is 2. The molecule has 0 saturated carbocycles. The van der Waals surface area contributed by atoms with E-state index in [9.17, 15) is 4.79 Å². The van der Waals surface area contributed by atoms with E-state index in [0.29, 0.717) is 30.5 Å². The lowest BCUT2D eigenvalue weighted by Crippen LogP contribution is -2.56. The standard InChI is InChI=1S/C12H15BrClN3O2/c1-2-19-12(18)10-7-15-3-4-17(10)11-9(14)5-8(13)6-16-11/h5-6,10,15H,2-4,7H2,1H3. The minimum atomic E-state index is -0.389. The molecule has 1 aromatic heterocycles. The van der Waals surface area contributed by atoms with Gasteiger partial charge in [-0.3, -0.25) is 0 Å². The highest BCUT2D eigenvalue weighted by Crippen LogP contribution is 2.28. The van der Waals surface area contributed by atoms with Gasteiger partial charge in [-0.1, -0.05) is 11.6 Å². The Morgan fingerprint density at radius 3 is 3.21 bits per heavy atom. The molecule has 1 aliphatic rings. The maximum atomic E-state index is 12.0. The highest BCUT2D eigenvalue weighted by molar-refractivity contribution is 9.10. The molecular weight excluding hydrogens is 334 g/mol. The summed E-state index contributed by atoms with van der Waals surface area (Å²) in [5, 5.41) is 3.70. The molecule has 0 aliphatic carbocycles. The maximum absolute atomic E-state index is 12.0. The number of esters is 1. The quantitative estimate of drug-likeness (QED) is 0.845. The molecule has 2 rings (SSSR count). The number of piperazine rings is 1. The van der Waals surface area contributed by atoms with Gasteiger partial charge in [0.15, 0.2) is 0 Å². The number of nitrogens with zero attached hydrogens (tertiary/aromatic N) is 2. The van der Waals surface area contributed by atoms with Crippen LogP contribution >= 0.6 is 27.5 Å². The van der Waals surface area contributed by atoms with Gasteiger partial charge >= 0.3 is 5.97 Å². The fraction of sp³-hybridized carbons (Fsp3) is 0.500. The van der Waals surface area contributed by atoms with Crippen LogP contribution in [-0.2, 0) is 9.53 Å². The van der Waals surface area contributed by atoms with Crippen molar-refractivity contribution in [2.45, 2.75) is 13.0 Å². The summed E-state index contributed by atoms with van der Waals surface area (Å²) in [6.45, 7) is 4.14. The van der Waals surface area contributed by atoms with Crippen molar-refractivity contribution in [1.82, 2.24) is 10.3 Å². The lowest BCUT2D eigenvalue weighted by molar-refractivity contribution is -0.144. The smallest absolute Gasteiger partial charge is 0.330 e. The Bertz CT molecular complexity index is 472. The van der Waals surface area contributed by atoms with Crippen molar-refractivity contribution in [3.8, 4) is 0 Å². The van der Waals surface area contributed by atoms with Crippen molar-refractivity contribution in [2.24, 2.45) is 0 Å². The fourth-order valence-electron chi connectivity index (χ4n) is 2.03. The van der Waals surface area contributed by atoms with E-state index in [1.165, 1.54) is 0 Å². The molecule has 1 aromatic rings. The van der Waals surface area contributed by atoms with Gasteiger partial charge in [0.1, 0.15) is 11.9 Å². The van der Waals surface area contributed by atoms with Crippen LogP contribution in [-0.4, -0.2) is 43.2 Å². The summed E-state index contributed by atoms with van der Waals surface area (Å²) >= 11 is 9.52. The Morgan fingerprint density at radius 1 is 1.74 bits per heavy atom. The molecule has 7 heteroatoms. The number of rotatable bonds is 3. The van der Waals surface area contributed by atoms with Gasteiger partial charge in [-0.2, -0.15) is 0 Å². The molecule has 1 aliphatic heterocycles. The zero-order valence-electron chi connectivity index (χ0n) is 10.5. The number of aromatic nitrogens is 1. The van der Waals surface area contributed by atoms with Gasteiger partial charge in [0.2, 0.25) is 0 Å². The van der Waals surface area contributed by atoms with E-state index in [0.717, 1.165) is 11.0 Å². The molecule has 2 heterocycles. The van der Waals surface area contributed by atoms with Crippen LogP contribution in [0.1, 0.15) is 6.92 Å². The first-order valence-electron chi connectivity index (χ1n) is 6.08. The van der Waals surface area contributed by atoms with Crippen molar-refractivity contribution in [1.29, 1.82) is 0 Å². The minimum Gasteiger partial charge on any atom is -0.464 e. The van der Waals surface area contributed by atoms with Crippen LogP contribution in [0.4, 0.5) is 5.82 Å². The van der Waals surface area contributed by atoms with Gasteiger partial charge in [-0.25, -0.2) is 9.78 Å². The van der Waals surface area contributed by atoms with E-state index in [1.54, 1.807) is 19.2 Å². The number of ether oxygens (including phenoxy) is 1. The maximum Gasteiger partial charge on any atom is 0.330 e. The first kappa shape index (κ1) is 14.6. The predicted molar refractivity (Wildman–Crippen MR) is 77.6 cm³/mol. The highest BCUT2D eigenvalue weighted by atomic mass is 79.9. The average Bonchev–Trinajstić information content (AvgIpc) is 2.39. The third-order valence-electron chi connectivity index (χ3n) is 2.86. The molecule has 0 spiro atoms. The fourth-order valence-corrected chi connectivity index (χ4v) is 2.76. The number of carbonyl (C=O) groups is 1. The summed E-state index contributed by atoms with van der Waals surface area (Å²) < 4.78 is 5.91. The lowest BCUT2D eigenvalue weighted by Gasteiger charge is -2.35. The molecule has 104 valence electrons. The zero-order valence-corrected chi connectivity index (χ0v) is 12.9. The van der Waals surface area contributed by atoms with Crippen molar-refractivity contribution in [2.75, 3.05) is 31.1 Å². The summed E-state index contributed by atoms with van der Waals surface area (Å²) in [5.74, 6) is 0.361. The largest absolute Gasteiger partial charge is 0.464 e. The van der Waals surface area contributed by atoms with Crippen LogP contribution in [0.15, 0.2) is 16.7 Å². The van der Waals surface area contributed by atoms with Gasteiger partial charge in [0.25, 0.3) is 0 Å². The Kier molecular flexibility index (Phi) is 5.01. The van der Waals surface area contributed by atoms with Gasteiger partial charge in [0, 0.05) is 30.3 Å². The van der Waals surface area contributed by atoms with Crippen molar-refractivity contribution in [3.63, 3.8) is 0 Å². The van der Waals surface area contributed by atoms with Crippen LogP contribution in [0.25, 0.3) is 0 Å². The van der Waals surface area contributed by atoms with Gasteiger partial charge in [-0.15, -0.1) is 0 Å². The summed E-state index contributed by atoms with van der Waals surface area (Å²) in [5.41, 5.74) is 0. The van der Waals surface area contributed by atoms with Crippen LogP contribution < -0.4 is 10.2 Å². The lowest BCUT2D eigenvalue weighted by atomic mass is 10.2. The number of anilines is 1. The molecule has 1 N–H and O–H groups in total. The summed E-state index contributed by atoms with van der Waals surface area (Å²) in [7, 11) is 0. The van der Waals surface area contributed by atoms with Gasteiger partial charge in [-0.05, 0) is 28.9 Å². The van der Waals surface area contributed by atoms with Crippen LogP contribution in [0, 0.1) is 0 Å². The molecule has 1 unspecified atom stereocenters. The summed E-state index contributed by atoms with van der Waals surface area (Å²) in [6.07, 6.45) is 1.67. The Morgan fingerprint density at radius 2 is 2.53 bits per heavy atom. The van der Waals surface area contributed by atoms with E-state index in [4.69, 9.17) is 16.3 Å². The molecular formula is C12H15BrClN3O2. The number of hydrogen-bond donors (Lipinski definition) is 1. The first-order chi connectivity index (χ1) is 9.13. The molecule has 19 heavy (non-hydrogen) atoms. The SMILES string of the molecule is CCOC(=O)C1CNCCN1c1ncc(Br)cc1Cl. The summed E-state index contributed by atoms with van der Waals surface area (Å²) in [6, 6.07) is 1.38. The zero-order chi connectivity index (χ0) is 13.8. The molecule has 1 saturated heterocycles. The third-order valence-corrected chi connectivity index (χ3v) is 3.57. The molecule has 1 atom stereocenters. The monoisotopic (exact) mass is 347 g/mol. The predicted octanol–water partition coefficient (Wildman–Crippen LogP) is 1.84. The van der Waals surface area contributed by atoms with E-state index < -0.39 is 0 Å². The number of pyridine rings is 1. The summed E-state index contributed by atoms with van der Waals surface area (Å²) in [4.78, 5) is 18.2. The molecule has 0 amide bonds. The second-order valence-corrected chi connectivity index (χ2v) is 5.45. The first-order valence-corrected chi connectivity index (χ1v) is 7.25. The molecule has 0 bridgehead atoms. The molecule has 0 aromatic carbocycles. The van der Waals surface area contributed by atoms with Crippen molar-refractivity contribution < 1.29 is 9.53 Å². The number of carbonyl (C=O) groups excluding carboxylic acids is 1. The van der Waals surface area contributed by atoms with Crippen molar-refractivity contribution >= 4 is 39.3 Å². The Labute approximate surface area is 125 Å². The number of nitrogens with one attached hydrogen (secondary N) is 1. The average molecular weight is 349 g/mol. The van der Waals surface area contributed by atoms with E-state index in [1.807, 2.05) is 4.90 Å². The van der Waals surface area contributed by atoms with Crippen LogP contribution in [0.5, 0.6) is 0 Å². The number of hydrogen-bond acceptors (Lipinski definition) is 5. The van der Waals surface area contributed by atoms with Gasteiger partial charge < -0.3 is 15.0 Å². The van der Waals surface area contributed by atoms with E-state index >= 15 is 0 Å². The molecule has 0 radical (unpaired) electrons. The van der Waals surface area contributed by atoms with Crippen LogP contribution in [0.3, 0.4) is 0 Å². The molecule has 5 nitrogen and oxygen atoms in total. The Balaban J connectivity index is 2.26. The minimum absolute atomic E-state index is 0.254. The molecule has 1 fully saturated rings. The Hall–Kier alpha value is -0.850. The van der Waals surface area contributed by atoms with E-state index in [-0.39, 0.29) is 12.0 Å². The topological polar surface area (TPSA) is 54.5 Å². The second kappa shape index (κ2) is 6.54. The highest BCUT2D eigenvalue weighted by Gasteiger charge is 2.31. The van der Waals surface area contributed by atoms with Crippen LogP contribution in [0.2, 0.25) is 5.02 Å².